The molecule has 0 saturated heterocycles. The minimum Gasteiger partial charge on any atom is -0.497 e. The number of carbonyl (C=O) groups excluding carboxylic acids is 3. The van der Waals surface area contributed by atoms with Crippen LogP contribution in [0.1, 0.15) is 42.5 Å². The van der Waals surface area contributed by atoms with Crippen molar-refractivity contribution in [1.82, 2.24) is 39.9 Å². The number of aromatic nitrogens is 8. The zero-order chi connectivity index (χ0) is 40.8. The van der Waals surface area contributed by atoms with E-state index in [1.807, 2.05) is 55.5 Å². The van der Waals surface area contributed by atoms with E-state index in [1.165, 1.54) is 0 Å². The summed E-state index contributed by atoms with van der Waals surface area (Å²) in [5.41, 5.74) is 11.0. The number of aryl methyl sites for hydroxylation is 2. The van der Waals surface area contributed by atoms with Crippen molar-refractivity contribution in [2.75, 3.05) is 14.2 Å². The van der Waals surface area contributed by atoms with Gasteiger partial charge in [0, 0.05) is 79.9 Å². The van der Waals surface area contributed by atoms with Crippen molar-refractivity contribution in [3.63, 3.8) is 0 Å². The number of aromatic amines is 3. The van der Waals surface area contributed by atoms with Crippen LogP contribution in [-0.2, 0) is 0 Å². The number of H-pyrrole nitrogens is 3. The summed E-state index contributed by atoms with van der Waals surface area (Å²) in [6.45, 7) is 3.95. The number of hydrogen-bond donors (Lipinski definition) is 3. The standard InChI is InChI=1S/C23H17N5O.C12H6N2O2.C11H11NO2/c1-12-18(16-11-13(29-2)7-8-17(16)26-12)23-27-21-14-5-3-9-24-19(14)20-15(22(21)28-23)6-4-10-25-20;15-11-7-3-1-5-13-9(7)10-8(12(11)16)4-2-6-14-10;1-7-10(6-13)9-5-8(14-2)3-4-11(9)12-7/h3-11,26H,1-2H3,(H,27,28);1-6H;3-6,12H,1-2H3. The molecule has 11 rings (SSSR count). The molecule has 0 spiro atoms. The number of imidazole rings is 1. The SMILES string of the molecule is COc1ccc2[nH]c(C)c(-c3nc4c5cccnc5c5ncccc5c4[nH]3)c2c1.COc1ccc2[nH]c(C)c(C=O)c2c1.O=C1C(=O)c2cccnc2-c2ncccc21. The lowest BCUT2D eigenvalue weighted by Crippen LogP contribution is -2.22. The molecule has 1 aliphatic rings. The number of fused-ring (bicyclic) bond motifs is 11. The van der Waals surface area contributed by atoms with Gasteiger partial charge in [0.2, 0.25) is 11.6 Å². The van der Waals surface area contributed by atoms with Crippen LogP contribution in [0.15, 0.2) is 110 Å². The predicted molar refractivity (Wildman–Crippen MR) is 226 cm³/mol. The first kappa shape index (κ1) is 36.6. The summed E-state index contributed by atoms with van der Waals surface area (Å²) in [4.78, 5) is 66.9. The molecule has 13 nitrogen and oxygen atoms in total. The molecular formula is C46H34N8O5. The van der Waals surface area contributed by atoms with Crippen LogP contribution in [0.4, 0.5) is 0 Å². The zero-order valence-electron chi connectivity index (χ0n) is 32.2. The summed E-state index contributed by atoms with van der Waals surface area (Å²) in [6, 6.07) is 26.1. The number of ether oxygens (including phenoxy) is 2. The second kappa shape index (κ2) is 14.8. The van der Waals surface area contributed by atoms with Crippen molar-refractivity contribution in [3.8, 4) is 34.3 Å². The fourth-order valence-corrected chi connectivity index (χ4v) is 7.60. The molecule has 288 valence electrons. The first-order valence-electron chi connectivity index (χ1n) is 18.6. The fraction of sp³-hybridized carbons (Fsp3) is 0.0870. The van der Waals surface area contributed by atoms with Crippen molar-refractivity contribution in [2.45, 2.75) is 13.8 Å². The van der Waals surface area contributed by atoms with Crippen LogP contribution in [0, 0.1) is 13.8 Å². The Labute approximate surface area is 335 Å². The summed E-state index contributed by atoms with van der Waals surface area (Å²) in [5, 5.41) is 4.00. The number of pyridine rings is 4. The summed E-state index contributed by atoms with van der Waals surface area (Å²) < 4.78 is 10.5. The van der Waals surface area contributed by atoms with Crippen molar-refractivity contribution >= 4 is 72.5 Å². The number of ketones is 2. The Kier molecular flexibility index (Phi) is 9.17. The molecule has 0 fully saturated rings. The lowest BCUT2D eigenvalue weighted by molar-refractivity contribution is 0.0814. The van der Waals surface area contributed by atoms with Crippen LogP contribution in [0.5, 0.6) is 11.5 Å². The highest BCUT2D eigenvalue weighted by molar-refractivity contribution is 6.52. The Bertz CT molecular complexity index is 3180. The molecule has 13 heteroatoms. The van der Waals surface area contributed by atoms with Crippen molar-refractivity contribution in [1.29, 1.82) is 0 Å². The highest BCUT2D eigenvalue weighted by atomic mass is 16.5. The van der Waals surface area contributed by atoms with Gasteiger partial charge in [-0.15, -0.1) is 0 Å². The molecule has 7 heterocycles. The van der Waals surface area contributed by atoms with Crippen LogP contribution >= 0.6 is 0 Å². The molecular weight excluding hydrogens is 745 g/mol. The van der Waals surface area contributed by atoms with Crippen LogP contribution in [0.3, 0.4) is 0 Å². The maximum absolute atomic E-state index is 11.8. The molecule has 3 aromatic carbocycles. The largest absolute Gasteiger partial charge is 0.497 e. The summed E-state index contributed by atoms with van der Waals surface area (Å²) >= 11 is 0. The molecule has 0 radical (unpaired) electrons. The number of methoxy groups -OCH3 is 2. The Morgan fingerprint density at radius 1 is 0.559 bits per heavy atom. The van der Waals surface area contributed by atoms with E-state index < -0.39 is 11.6 Å². The number of carbonyl (C=O) groups is 3. The zero-order valence-corrected chi connectivity index (χ0v) is 32.2. The third-order valence-corrected chi connectivity index (χ3v) is 10.4. The van der Waals surface area contributed by atoms with Crippen LogP contribution in [0.2, 0.25) is 0 Å². The van der Waals surface area contributed by atoms with Gasteiger partial charge in [-0.05, 0) is 98.8 Å². The third kappa shape index (κ3) is 6.21. The van der Waals surface area contributed by atoms with Gasteiger partial charge in [-0.25, -0.2) is 4.98 Å². The van der Waals surface area contributed by atoms with Crippen LogP contribution in [0.25, 0.3) is 77.4 Å². The smallest absolute Gasteiger partial charge is 0.235 e. The minimum atomic E-state index is -0.511. The lowest BCUT2D eigenvalue weighted by atomic mass is 9.91. The van der Waals surface area contributed by atoms with Gasteiger partial charge in [0.05, 0.1) is 47.4 Å². The second-order valence-corrected chi connectivity index (χ2v) is 13.8. The molecule has 0 atom stereocenters. The van der Waals surface area contributed by atoms with E-state index >= 15 is 0 Å². The number of aldehydes is 1. The Balaban J connectivity index is 0.000000126. The van der Waals surface area contributed by atoms with Gasteiger partial charge in [-0.2, -0.15) is 0 Å². The van der Waals surface area contributed by atoms with Crippen LogP contribution in [-0.4, -0.2) is 71.9 Å². The maximum atomic E-state index is 11.8. The van der Waals surface area contributed by atoms with E-state index in [0.717, 1.165) is 95.2 Å². The Morgan fingerprint density at radius 3 is 1.69 bits per heavy atom. The van der Waals surface area contributed by atoms with Gasteiger partial charge in [-0.3, -0.25) is 34.3 Å². The average molecular weight is 779 g/mol. The number of benzene rings is 3. The summed E-state index contributed by atoms with van der Waals surface area (Å²) in [5.74, 6) is 1.38. The molecule has 7 aromatic heterocycles. The number of hydrogen-bond acceptors (Lipinski definition) is 10. The fourth-order valence-electron chi connectivity index (χ4n) is 7.60. The van der Waals surface area contributed by atoms with Gasteiger partial charge in [-0.1, -0.05) is 0 Å². The normalized spacial score (nSPS) is 11.9. The van der Waals surface area contributed by atoms with Crippen molar-refractivity contribution < 1.29 is 23.9 Å². The molecule has 3 N–H and O–H groups in total. The maximum Gasteiger partial charge on any atom is 0.235 e. The molecule has 0 bridgehead atoms. The second-order valence-electron chi connectivity index (χ2n) is 13.8. The topological polar surface area (TPSA) is 181 Å². The van der Waals surface area contributed by atoms with E-state index in [4.69, 9.17) is 14.5 Å². The van der Waals surface area contributed by atoms with Crippen molar-refractivity contribution in [2.24, 2.45) is 0 Å². The number of nitrogens with zero attached hydrogens (tertiary/aromatic N) is 5. The lowest BCUT2D eigenvalue weighted by Gasteiger charge is -2.14. The van der Waals surface area contributed by atoms with Crippen LogP contribution < -0.4 is 9.47 Å². The summed E-state index contributed by atoms with van der Waals surface area (Å²) in [6.07, 6.45) is 7.63. The molecule has 0 aliphatic heterocycles. The average Bonchev–Trinajstić information content (AvgIpc) is 3.97. The molecule has 59 heavy (non-hydrogen) atoms. The minimum absolute atomic E-state index is 0.332. The quantitative estimate of drug-likeness (QED) is 0.0886. The molecule has 0 amide bonds. The van der Waals surface area contributed by atoms with Gasteiger partial charge >= 0.3 is 0 Å². The van der Waals surface area contributed by atoms with E-state index in [9.17, 15) is 14.4 Å². The monoisotopic (exact) mass is 778 g/mol. The Hall–Kier alpha value is -8.06. The van der Waals surface area contributed by atoms with E-state index in [2.05, 4.69) is 53.9 Å². The molecule has 1 aliphatic carbocycles. The summed E-state index contributed by atoms with van der Waals surface area (Å²) in [7, 11) is 3.29. The Morgan fingerprint density at radius 2 is 1.08 bits per heavy atom. The van der Waals surface area contributed by atoms with Gasteiger partial charge in [0.1, 0.15) is 28.7 Å². The van der Waals surface area contributed by atoms with E-state index in [0.29, 0.717) is 28.1 Å². The highest BCUT2D eigenvalue weighted by Crippen LogP contribution is 2.37. The molecule has 0 unspecified atom stereocenters. The van der Waals surface area contributed by atoms with Gasteiger partial charge < -0.3 is 24.4 Å². The van der Waals surface area contributed by atoms with Gasteiger partial charge in [0.15, 0.2) is 6.29 Å². The molecule has 0 saturated carbocycles. The highest BCUT2D eigenvalue weighted by Gasteiger charge is 2.31. The van der Waals surface area contributed by atoms with E-state index in [1.54, 1.807) is 63.3 Å². The van der Waals surface area contributed by atoms with Gasteiger partial charge in [0.25, 0.3) is 0 Å². The third-order valence-electron chi connectivity index (χ3n) is 10.4. The number of nitrogens with one attached hydrogen (secondary N) is 3. The first-order chi connectivity index (χ1) is 28.8. The predicted octanol–water partition coefficient (Wildman–Crippen LogP) is 8.94. The first-order valence-corrected chi connectivity index (χ1v) is 18.6. The number of rotatable bonds is 4. The number of Topliss-reactive ketones (excluding diaryl/α,β-unsaturated/α-hetero) is 2. The van der Waals surface area contributed by atoms with Crippen molar-refractivity contribution in [3.05, 3.63) is 138 Å². The van der Waals surface area contributed by atoms with E-state index in [-0.39, 0.29) is 0 Å². The molecule has 10 aromatic rings.